The Morgan fingerprint density at radius 1 is 1.21 bits per heavy atom. The Balaban J connectivity index is 2.38. The number of hydrogen-bond acceptors (Lipinski definition) is 6. The number of nitro groups is 1. The smallest absolute Gasteiger partial charge is 0.293 e. The van der Waals surface area contributed by atoms with Gasteiger partial charge >= 0.3 is 0 Å². The minimum Gasteiger partial charge on any atom is -0.360 e. The van der Waals surface area contributed by atoms with Gasteiger partial charge in [-0.3, -0.25) is 14.9 Å². The zero-order valence-electron chi connectivity index (χ0n) is 17.0. The van der Waals surface area contributed by atoms with Gasteiger partial charge < -0.3 is 9.80 Å². The number of amides is 1. The number of carbonyl (C=O) groups excluding carboxylic acids is 1. The second-order valence-electron chi connectivity index (χ2n) is 7.82. The van der Waals surface area contributed by atoms with Crippen LogP contribution in [-0.4, -0.2) is 69.2 Å². The van der Waals surface area contributed by atoms with Gasteiger partial charge in [-0.2, -0.15) is 4.31 Å². The molecule has 10 heteroatoms. The zero-order chi connectivity index (χ0) is 21.2. The van der Waals surface area contributed by atoms with Gasteiger partial charge in [-0.25, -0.2) is 8.42 Å². The number of likely N-dealkylation sites (N-methyl/N-ethyl adjacent to an activating group) is 2. The van der Waals surface area contributed by atoms with E-state index in [1.807, 2.05) is 13.8 Å². The van der Waals surface area contributed by atoms with Crippen LogP contribution in [0, 0.1) is 22.0 Å². The molecule has 1 saturated heterocycles. The molecule has 1 aliphatic heterocycles. The van der Waals surface area contributed by atoms with E-state index in [0.717, 1.165) is 12.5 Å². The van der Waals surface area contributed by atoms with Crippen molar-refractivity contribution in [3.63, 3.8) is 0 Å². The maximum Gasteiger partial charge on any atom is 0.293 e. The number of carbonyl (C=O) groups is 1. The van der Waals surface area contributed by atoms with Crippen molar-refractivity contribution < 1.29 is 18.1 Å². The molecule has 1 aliphatic rings. The molecule has 2 rings (SSSR count). The van der Waals surface area contributed by atoms with Gasteiger partial charge in [0.15, 0.2) is 0 Å². The number of rotatable bonds is 6. The van der Waals surface area contributed by atoms with Gasteiger partial charge in [-0.05, 0) is 30.4 Å². The largest absolute Gasteiger partial charge is 0.360 e. The van der Waals surface area contributed by atoms with Crippen LogP contribution < -0.4 is 4.90 Å². The van der Waals surface area contributed by atoms with Crippen molar-refractivity contribution >= 4 is 27.3 Å². The van der Waals surface area contributed by atoms with Gasteiger partial charge in [-0.1, -0.05) is 13.8 Å². The van der Waals surface area contributed by atoms with E-state index in [-0.39, 0.29) is 40.6 Å². The zero-order valence-corrected chi connectivity index (χ0v) is 17.8. The summed E-state index contributed by atoms with van der Waals surface area (Å²) >= 11 is 0. The number of anilines is 1. The van der Waals surface area contributed by atoms with E-state index >= 15 is 0 Å². The lowest BCUT2D eigenvalue weighted by atomic mass is 9.94. The van der Waals surface area contributed by atoms with Crippen LogP contribution in [0.2, 0.25) is 0 Å². The first kappa shape index (κ1) is 22.1. The highest BCUT2D eigenvalue weighted by Crippen LogP contribution is 2.33. The van der Waals surface area contributed by atoms with E-state index < -0.39 is 14.9 Å². The number of hydrogen-bond donors (Lipinski definition) is 0. The summed E-state index contributed by atoms with van der Waals surface area (Å²) in [5.74, 6) is 0.247. The highest BCUT2D eigenvalue weighted by atomic mass is 32.2. The molecular formula is C18H28N4O5S. The minimum absolute atomic E-state index is 0.0545. The summed E-state index contributed by atoms with van der Waals surface area (Å²) in [6.45, 7) is 4.75. The molecule has 156 valence electrons. The number of nitro benzene ring substituents is 1. The molecule has 1 fully saturated rings. The first-order chi connectivity index (χ1) is 12.9. The van der Waals surface area contributed by atoms with Gasteiger partial charge in [0.1, 0.15) is 5.69 Å². The van der Waals surface area contributed by atoms with Crippen molar-refractivity contribution in [1.29, 1.82) is 0 Å². The van der Waals surface area contributed by atoms with Gasteiger partial charge in [0.05, 0.1) is 16.4 Å². The van der Waals surface area contributed by atoms with Crippen LogP contribution >= 0.6 is 0 Å². The summed E-state index contributed by atoms with van der Waals surface area (Å²) in [5, 5.41) is 11.6. The van der Waals surface area contributed by atoms with Gasteiger partial charge in [-0.15, -0.1) is 0 Å². The van der Waals surface area contributed by atoms with E-state index in [1.54, 1.807) is 21.1 Å². The summed E-state index contributed by atoms with van der Waals surface area (Å²) in [4.78, 5) is 25.6. The van der Waals surface area contributed by atoms with Crippen LogP contribution in [0.4, 0.5) is 11.4 Å². The number of sulfonamides is 1. The highest BCUT2D eigenvalue weighted by Gasteiger charge is 2.33. The van der Waals surface area contributed by atoms with E-state index in [4.69, 9.17) is 0 Å². The SMILES string of the molecule is C[C@@H]1C[C@H](C)CN(S(=O)(=O)c2ccc(N(C)CC(=O)N(C)C)c([N+](=O)[O-])c2)C1. The summed E-state index contributed by atoms with van der Waals surface area (Å²) in [5.41, 5.74) is -0.146. The first-order valence-corrected chi connectivity index (χ1v) is 10.6. The van der Waals surface area contributed by atoms with Crippen molar-refractivity contribution in [1.82, 2.24) is 9.21 Å². The molecule has 28 heavy (non-hydrogen) atoms. The molecule has 1 amide bonds. The summed E-state index contributed by atoms with van der Waals surface area (Å²) in [6.07, 6.45) is 0.954. The maximum absolute atomic E-state index is 13.0. The molecule has 0 aromatic heterocycles. The average molecular weight is 413 g/mol. The van der Waals surface area contributed by atoms with Crippen molar-refractivity contribution in [3.8, 4) is 0 Å². The number of benzene rings is 1. The quantitative estimate of drug-likeness (QED) is 0.521. The van der Waals surface area contributed by atoms with E-state index in [2.05, 4.69) is 0 Å². The molecule has 1 heterocycles. The molecule has 0 spiro atoms. The van der Waals surface area contributed by atoms with Crippen molar-refractivity contribution in [3.05, 3.63) is 28.3 Å². The van der Waals surface area contributed by atoms with Crippen molar-refractivity contribution in [2.24, 2.45) is 11.8 Å². The van der Waals surface area contributed by atoms with E-state index in [0.29, 0.717) is 13.1 Å². The Kier molecular flexibility index (Phi) is 6.66. The first-order valence-electron chi connectivity index (χ1n) is 9.13. The lowest BCUT2D eigenvalue weighted by Gasteiger charge is -2.34. The summed E-state index contributed by atoms with van der Waals surface area (Å²) < 4.78 is 27.5. The van der Waals surface area contributed by atoms with E-state index in [9.17, 15) is 23.3 Å². The maximum atomic E-state index is 13.0. The average Bonchev–Trinajstić information content (AvgIpc) is 2.60. The second kappa shape index (κ2) is 8.44. The Labute approximate surface area is 166 Å². The molecule has 0 bridgehead atoms. The molecule has 0 unspecified atom stereocenters. The van der Waals surface area contributed by atoms with Gasteiger partial charge in [0.2, 0.25) is 15.9 Å². The summed E-state index contributed by atoms with van der Waals surface area (Å²) in [7, 11) is 0.930. The summed E-state index contributed by atoms with van der Waals surface area (Å²) in [6, 6.07) is 3.86. The molecule has 2 atom stereocenters. The fraction of sp³-hybridized carbons (Fsp3) is 0.611. The van der Waals surface area contributed by atoms with Crippen LogP contribution in [0.5, 0.6) is 0 Å². The molecule has 0 saturated carbocycles. The van der Waals surface area contributed by atoms with Crippen LogP contribution in [-0.2, 0) is 14.8 Å². The third-order valence-electron chi connectivity index (χ3n) is 4.90. The lowest BCUT2D eigenvalue weighted by Crippen LogP contribution is -2.42. The lowest BCUT2D eigenvalue weighted by molar-refractivity contribution is -0.384. The number of piperidine rings is 1. The van der Waals surface area contributed by atoms with Crippen molar-refractivity contribution in [2.45, 2.75) is 25.2 Å². The third kappa shape index (κ3) is 4.79. The van der Waals surface area contributed by atoms with Crippen LogP contribution in [0.15, 0.2) is 23.1 Å². The predicted molar refractivity (Wildman–Crippen MR) is 107 cm³/mol. The molecule has 1 aromatic rings. The highest BCUT2D eigenvalue weighted by molar-refractivity contribution is 7.89. The Bertz CT molecular complexity index is 846. The Morgan fingerprint density at radius 3 is 2.29 bits per heavy atom. The normalized spacial score (nSPS) is 20.6. The second-order valence-corrected chi connectivity index (χ2v) is 9.76. The standard InChI is InChI=1S/C18H28N4O5S/c1-13-8-14(2)11-21(10-13)28(26,27)15-6-7-16(17(9-15)22(24)25)20(5)12-18(23)19(3)4/h6-7,9,13-14H,8,10-12H2,1-5H3/t13-,14+. The van der Waals surface area contributed by atoms with Crippen LogP contribution in [0.25, 0.3) is 0 Å². The molecule has 0 N–H and O–H groups in total. The van der Waals surface area contributed by atoms with E-state index in [1.165, 1.54) is 26.2 Å². The fourth-order valence-electron chi connectivity index (χ4n) is 3.51. The molecule has 0 radical (unpaired) electrons. The van der Waals surface area contributed by atoms with Gasteiger partial charge in [0, 0.05) is 40.3 Å². The molecule has 0 aliphatic carbocycles. The topological polar surface area (TPSA) is 104 Å². The predicted octanol–water partition coefficient (Wildman–Crippen LogP) is 1.79. The van der Waals surface area contributed by atoms with Gasteiger partial charge in [0.25, 0.3) is 5.69 Å². The molecule has 9 nitrogen and oxygen atoms in total. The fourth-order valence-corrected chi connectivity index (χ4v) is 5.21. The monoisotopic (exact) mass is 412 g/mol. The van der Waals surface area contributed by atoms with Crippen LogP contribution in [0.3, 0.4) is 0 Å². The Hall–Kier alpha value is -2.20. The van der Waals surface area contributed by atoms with Crippen LogP contribution in [0.1, 0.15) is 20.3 Å². The number of nitrogens with zero attached hydrogens (tertiary/aromatic N) is 4. The minimum atomic E-state index is -3.83. The third-order valence-corrected chi connectivity index (χ3v) is 6.73. The molecular weight excluding hydrogens is 384 g/mol. The van der Waals surface area contributed by atoms with Crippen molar-refractivity contribution in [2.75, 3.05) is 45.7 Å². The Morgan fingerprint density at radius 2 is 1.79 bits per heavy atom. The molecule has 1 aromatic carbocycles.